The molecule has 1 unspecified atom stereocenters. The van der Waals surface area contributed by atoms with Gasteiger partial charge in [0.15, 0.2) is 0 Å². The molecule has 2 fully saturated rings. The second-order valence-corrected chi connectivity index (χ2v) is 7.08. The van der Waals surface area contributed by atoms with Gasteiger partial charge in [-0.1, -0.05) is 0 Å². The molecule has 2 N–H and O–H groups in total. The Morgan fingerprint density at radius 3 is 2.80 bits per heavy atom. The fraction of sp³-hybridized carbons (Fsp3) is 0.647. The number of anilines is 2. The van der Waals surface area contributed by atoms with Crippen molar-refractivity contribution in [1.29, 1.82) is 0 Å². The predicted molar refractivity (Wildman–Crippen MR) is 96.1 cm³/mol. The van der Waals surface area contributed by atoms with Crippen LogP contribution < -0.4 is 10.6 Å². The van der Waals surface area contributed by atoms with E-state index >= 15 is 0 Å². The van der Waals surface area contributed by atoms with Crippen molar-refractivity contribution in [1.82, 2.24) is 29.6 Å². The van der Waals surface area contributed by atoms with Crippen molar-refractivity contribution < 1.29 is 0 Å². The summed E-state index contributed by atoms with van der Waals surface area (Å²) in [7, 11) is 2.09. The summed E-state index contributed by atoms with van der Waals surface area (Å²) in [5.74, 6) is 3.71. The predicted octanol–water partition coefficient (Wildman–Crippen LogP) is 1.17. The third-order valence-electron chi connectivity index (χ3n) is 5.30. The molecule has 0 aliphatic carbocycles. The zero-order valence-electron chi connectivity index (χ0n) is 14.8. The summed E-state index contributed by atoms with van der Waals surface area (Å²) < 4.78 is 2.19. The molecule has 2 aromatic rings. The largest absolute Gasteiger partial charge is 0.384 e. The fourth-order valence-corrected chi connectivity index (χ4v) is 3.89. The van der Waals surface area contributed by atoms with Gasteiger partial charge in [0.25, 0.3) is 0 Å². The van der Waals surface area contributed by atoms with Gasteiger partial charge < -0.3 is 15.2 Å². The lowest BCUT2D eigenvalue weighted by atomic mass is 9.97. The van der Waals surface area contributed by atoms with Crippen LogP contribution in [0, 0.1) is 0 Å². The Bertz CT molecular complexity index is 721. The molecule has 134 valence electrons. The number of likely N-dealkylation sites (tertiary alicyclic amines) is 1. The van der Waals surface area contributed by atoms with Crippen LogP contribution in [-0.4, -0.2) is 55.8 Å². The van der Waals surface area contributed by atoms with Crippen molar-refractivity contribution in [2.24, 2.45) is 7.05 Å². The summed E-state index contributed by atoms with van der Waals surface area (Å²) >= 11 is 0. The molecule has 2 aliphatic heterocycles. The van der Waals surface area contributed by atoms with Crippen LogP contribution >= 0.6 is 0 Å². The van der Waals surface area contributed by atoms with Crippen molar-refractivity contribution in [3.05, 3.63) is 23.9 Å². The Hall–Kier alpha value is -2.22. The fourth-order valence-electron chi connectivity index (χ4n) is 3.89. The number of nitrogens with two attached hydrogens (primary N) is 1. The highest BCUT2D eigenvalue weighted by Gasteiger charge is 2.27. The average molecular weight is 342 g/mol. The molecular formula is C17H26N8. The molecule has 0 saturated carbocycles. The number of rotatable bonds is 4. The summed E-state index contributed by atoms with van der Waals surface area (Å²) in [6, 6.07) is 1.72. The van der Waals surface area contributed by atoms with Crippen LogP contribution in [0.5, 0.6) is 0 Å². The minimum Gasteiger partial charge on any atom is -0.384 e. The van der Waals surface area contributed by atoms with E-state index in [-0.39, 0.29) is 0 Å². The molecule has 4 heterocycles. The summed E-state index contributed by atoms with van der Waals surface area (Å²) in [6.45, 7) is 5.06. The Balaban J connectivity index is 1.48. The van der Waals surface area contributed by atoms with E-state index in [4.69, 9.17) is 5.73 Å². The number of piperidine rings is 1. The molecule has 0 radical (unpaired) electrons. The molecule has 0 aromatic carbocycles. The Morgan fingerprint density at radius 1 is 1.16 bits per heavy atom. The van der Waals surface area contributed by atoms with Gasteiger partial charge in [0, 0.05) is 32.3 Å². The summed E-state index contributed by atoms with van der Waals surface area (Å²) in [5.41, 5.74) is 5.81. The topological polar surface area (TPSA) is 89.0 Å². The molecule has 2 aromatic heterocycles. The first-order chi connectivity index (χ1) is 12.2. The van der Waals surface area contributed by atoms with Gasteiger partial charge in [-0.05, 0) is 44.8 Å². The molecule has 1 atom stereocenters. The van der Waals surface area contributed by atoms with E-state index in [0.717, 1.165) is 44.1 Å². The highest BCUT2D eigenvalue weighted by Crippen LogP contribution is 2.28. The number of nitrogen functional groups attached to an aromatic ring is 1. The molecule has 25 heavy (non-hydrogen) atoms. The first-order valence-corrected chi connectivity index (χ1v) is 9.14. The maximum absolute atomic E-state index is 5.81. The minimum atomic E-state index is 0.351. The zero-order valence-corrected chi connectivity index (χ0v) is 14.8. The highest BCUT2D eigenvalue weighted by molar-refractivity contribution is 5.38. The number of nitrogens with zero attached hydrogens (tertiary/aromatic N) is 7. The van der Waals surface area contributed by atoms with Crippen LogP contribution in [0.2, 0.25) is 0 Å². The van der Waals surface area contributed by atoms with E-state index in [2.05, 4.69) is 41.6 Å². The lowest BCUT2D eigenvalue weighted by molar-refractivity contribution is 0.317. The second kappa shape index (κ2) is 6.95. The first kappa shape index (κ1) is 16.3. The third-order valence-corrected chi connectivity index (χ3v) is 5.30. The summed E-state index contributed by atoms with van der Waals surface area (Å²) in [6.07, 6.45) is 6.52. The molecule has 8 heteroatoms. The number of hydrogen-bond donors (Lipinski definition) is 1. The van der Waals surface area contributed by atoms with E-state index < -0.39 is 0 Å². The molecule has 2 aliphatic rings. The Morgan fingerprint density at radius 2 is 2.00 bits per heavy atom. The van der Waals surface area contributed by atoms with E-state index in [1.54, 1.807) is 12.3 Å². The molecule has 8 nitrogen and oxygen atoms in total. The molecule has 4 rings (SSSR count). The van der Waals surface area contributed by atoms with E-state index in [0.29, 0.717) is 17.7 Å². The Labute approximate surface area is 148 Å². The van der Waals surface area contributed by atoms with Gasteiger partial charge in [-0.25, -0.2) is 4.98 Å². The first-order valence-electron chi connectivity index (χ1n) is 9.14. The average Bonchev–Trinajstić information content (AvgIpc) is 3.26. The van der Waals surface area contributed by atoms with Crippen LogP contribution in [0.3, 0.4) is 0 Å². The van der Waals surface area contributed by atoms with E-state index in [1.807, 2.05) is 0 Å². The molecule has 2 saturated heterocycles. The lowest BCUT2D eigenvalue weighted by Crippen LogP contribution is -2.36. The molecule has 0 spiro atoms. The van der Waals surface area contributed by atoms with Crippen LogP contribution in [0.4, 0.5) is 11.8 Å². The normalized spacial score (nSPS) is 21.8. The van der Waals surface area contributed by atoms with Crippen LogP contribution in [0.1, 0.15) is 43.3 Å². The van der Waals surface area contributed by atoms with Gasteiger partial charge in [-0.15, -0.1) is 10.2 Å². The minimum absolute atomic E-state index is 0.351. The van der Waals surface area contributed by atoms with E-state index in [9.17, 15) is 0 Å². The standard InChI is InChI=1S/C17H26N8/c1-23-15(12-24-8-2-3-9-24)21-22-16(23)13-5-4-10-25(11-13)17-19-7-6-14(18)20-17/h6-7,13H,2-5,8-12H2,1H3,(H2,18,19,20). The SMILES string of the molecule is Cn1c(CN2CCCC2)nnc1C1CCCN(c2nccc(N)n2)C1. The van der Waals surface area contributed by atoms with Gasteiger partial charge in [0.2, 0.25) is 5.95 Å². The third kappa shape index (κ3) is 3.44. The van der Waals surface area contributed by atoms with Crippen LogP contribution in [-0.2, 0) is 13.6 Å². The Kier molecular flexibility index (Phi) is 4.52. The van der Waals surface area contributed by atoms with Crippen molar-refractivity contribution >= 4 is 11.8 Å². The van der Waals surface area contributed by atoms with Gasteiger partial charge in [-0.3, -0.25) is 4.90 Å². The highest BCUT2D eigenvalue weighted by atomic mass is 15.3. The van der Waals surface area contributed by atoms with Crippen LogP contribution in [0.15, 0.2) is 12.3 Å². The molecule has 0 amide bonds. The second-order valence-electron chi connectivity index (χ2n) is 7.08. The zero-order chi connectivity index (χ0) is 17.2. The van der Waals surface area contributed by atoms with Crippen LogP contribution in [0.25, 0.3) is 0 Å². The monoisotopic (exact) mass is 342 g/mol. The van der Waals surface area contributed by atoms with Gasteiger partial charge in [0.05, 0.1) is 6.54 Å². The smallest absolute Gasteiger partial charge is 0.227 e. The van der Waals surface area contributed by atoms with Gasteiger partial charge in [0.1, 0.15) is 17.5 Å². The van der Waals surface area contributed by atoms with Gasteiger partial charge >= 0.3 is 0 Å². The van der Waals surface area contributed by atoms with Crippen molar-refractivity contribution in [3.63, 3.8) is 0 Å². The number of aromatic nitrogens is 5. The summed E-state index contributed by atoms with van der Waals surface area (Å²) in [4.78, 5) is 13.4. The van der Waals surface area contributed by atoms with Gasteiger partial charge in [-0.2, -0.15) is 4.98 Å². The van der Waals surface area contributed by atoms with Crippen molar-refractivity contribution in [2.45, 2.75) is 38.1 Å². The van der Waals surface area contributed by atoms with E-state index in [1.165, 1.54) is 25.9 Å². The lowest BCUT2D eigenvalue weighted by Gasteiger charge is -2.32. The molecular weight excluding hydrogens is 316 g/mol. The number of hydrogen-bond acceptors (Lipinski definition) is 7. The maximum atomic E-state index is 5.81. The van der Waals surface area contributed by atoms with Crippen molar-refractivity contribution in [2.75, 3.05) is 36.8 Å². The van der Waals surface area contributed by atoms with Crippen molar-refractivity contribution in [3.8, 4) is 0 Å². The quantitative estimate of drug-likeness (QED) is 0.892. The summed E-state index contributed by atoms with van der Waals surface area (Å²) in [5, 5.41) is 8.99. The maximum Gasteiger partial charge on any atom is 0.227 e. The molecule has 0 bridgehead atoms.